The Hall–Kier alpha value is -3.75. The second-order valence-corrected chi connectivity index (χ2v) is 7.98. The molecule has 0 aliphatic carbocycles. The molecule has 4 amide bonds. The molecule has 2 N–H and O–H groups in total. The van der Waals surface area contributed by atoms with E-state index in [0.29, 0.717) is 22.9 Å². The van der Waals surface area contributed by atoms with Gasteiger partial charge >= 0.3 is 6.03 Å². The van der Waals surface area contributed by atoms with Crippen LogP contribution in [-0.4, -0.2) is 45.2 Å². The van der Waals surface area contributed by atoms with Gasteiger partial charge in [-0.2, -0.15) is 0 Å². The molecule has 9 nitrogen and oxygen atoms in total. The number of methoxy groups -OCH3 is 3. The molecule has 176 valence electrons. The van der Waals surface area contributed by atoms with Gasteiger partial charge in [-0.15, -0.1) is 0 Å². The van der Waals surface area contributed by atoms with Gasteiger partial charge in [0.25, 0.3) is 5.91 Å². The average molecular weight is 456 g/mol. The fourth-order valence-electron chi connectivity index (χ4n) is 3.74. The first kappa shape index (κ1) is 23.9. The summed E-state index contributed by atoms with van der Waals surface area (Å²) in [5.74, 6) is 0.996. The molecule has 0 radical (unpaired) electrons. The smallest absolute Gasteiger partial charge is 0.329 e. The molecule has 2 atom stereocenters. The molecule has 2 aromatic carbocycles. The molecule has 0 unspecified atom stereocenters. The summed E-state index contributed by atoms with van der Waals surface area (Å²) in [7, 11) is 4.64. The fourth-order valence-corrected chi connectivity index (χ4v) is 3.74. The number of hydrogen-bond donors (Lipinski definition) is 2. The van der Waals surface area contributed by atoms with E-state index in [1.807, 2.05) is 26.0 Å². The number of anilines is 1. The van der Waals surface area contributed by atoms with Crippen molar-refractivity contribution in [1.29, 1.82) is 0 Å². The summed E-state index contributed by atoms with van der Waals surface area (Å²) in [6, 6.07) is 10.2. The molecule has 0 bridgehead atoms. The Balaban J connectivity index is 1.71. The second kappa shape index (κ2) is 10.2. The highest BCUT2D eigenvalue weighted by Crippen LogP contribution is 2.32. The molecule has 0 saturated carbocycles. The van der Waals surface area contributed by atoms with Crippen LogP contribution in [0.25, 0.3) is 0 Å². The van der Waals surface area contributed by atoms with Gasteiger partial charge in [-0.25, -0.2) is 9.69 Å². The number of carbonyl (C=O) groups is 3. The van der Waals surface area contributed by atoms with Crippen LogP contribution in [0.15, 0.2) is 42.5 Å². The van der Waals surface area contributed by atoms with Crippen molar-refractivity contribution >= 4 is 23.5 Å². The number of amides is 4. The van der Waals surface area contributed by atoms with Gasteiger partial charge in [0, 0.05) is 0 Å². The Kier molecular flexibility index (Phi) is 7.42. The quantitative estimate of drug-likeness (QED) is 0.563. The van der Waals surface area contributed by atoms with E-state index in [2.05, 4.69) is 10.6 Å². The van der Waals surface area contributed by atoms with Gasteiger partial charge < -0.3 is 24.8 Å². The lowest BCUT2D eigenvalue weighted by molar-refractivity contribution is -0.126. The summed E-state index contributed by atoms with van der Waals surface area (Å²) in [5, 5.41) is 5.58. The highest BCUT2D eigenvalue weighted by atomic mass is 16.5. The highest BCUT2D eigenvalue weighted by Gasteiger charge is 2.40. The molecule has 1 aliphatic rings. The summed E-state index contributed by atoms with van der Waals surface area (Å²) in [4.78, 5) is 39.1. The zero-order valence-corrected chi connectivity index (χ0v) is 19.4. The van der Waals surface area contributed by atoms with Gasteiger partial charge in [0.15, 0.2) is 11.5 Å². The number of hydrogen-bond acceptors (Lipinski definition) is 6. The maximum atomic E-state index is 12.9. The first-order chi connectivity index (χ1) is 15.8. The Morgan fingerprint density at radius 2 is 1.67 bits per heavy atom. The van der Waals surface area contributed by atoms with Crippen LogP contribution in [0.3, 0.4) is 0 Å². The Bertz CT molecular complexity index is 1020. The average Bonchev–Trinajstić information content (AvgIpc) is 3.09. The lowest BCUT2D eigenvalue weighted by Crippen LogP contribution is -2.39. The van der Waals surface area contributed by atoms with Gasteiger partial charge in [0.1, 0.15) is 11.8 Å². The third kappa shape index (κ3) is 5.19. The monoisotopic (exact) mass is 455 g/mol. The predicted octanol–water partition coefficient (Wildman–Crippen LogP) is 3.04. The minimum atomic E-state index is -0.946. The molecule has 1 heterocycles. The third-order valence-corrected chi connectivity index (χ3v) is 5.49. The van der Waals surface area contributed by atoms with Crippen molar-refractivity contribution in [3.05, 3.63) is 48.0 Å². The topological polar surface area (TPSA) is 106 Å². The molecular weight excluding hydrogens is 426 g/mol. The van der Waals surface area contributed by atoms with Crippen LogP contribution < -0.4 is 29.7 Å². The summed E-state index contributed by atoms with van der Waals surface area (Å²) < 4.78 is 15.8. The van der Waals surface area contributed by atoms with Gasteiger partial charge in [0.2, 0.25) is 5.91 Å². The minimum absolute atomic E-state index is 0.0664. The summed E-state index contributed by atoms with van der Waals surface area (Å²) in [6.45, 7) is 3.96. The number of benzene rings is 2. The normalized spacial score (nSPS) is 16.4. The van der Waals surface area contributed by atoms with Gasteiger partial charge in [-0.05, 0) is 47.9 Å². The Labute approximate surface area is 193 Å². The summed E-state index contributed by atoms with van der Waals surface area (Å²) >= 11 is 0. The number of ether oxygens (including phenoxy) is 3. The van der Waals surface area contributed by atoms with Crippen LogP contribution in [0, 0.1) is 5.92 Å². The van der Waals surface area contributed by atoms with E-state index in [0.717, 1.165) is 10.5 Å². The molecule has 1 aliphatic heterocycles. The number of carbonyl (C=O) groups excluding carboxylic acids is 3. The highest BCUT2D eigenvalue weighted by molar-refractivity contribution is 6.22. The maximum Gasteiger partial charge on any atom is 0.329 e. The van der Waals surface area contributed by atoms with E-state index in [9.17, 15) is 14.4 Å². The zero-order chi connectivity index (χ0) is 24.1. The van der Waals surface area contributed by atoms with Crippen molar-refractivity contribution in [1.82, 2.24) is 10.6 Å². The minimum Gasteiger partial charge on any atom is -0.497 e. The first-order valence-corrected chi connectivity index (χ1v) is 10.6. The summed E-state index contributed by atoms with van der Waals surface area (Å²) in [6.07, 6.45) is -0.173. The number of rotatable bonds is 9. The molecular formula is C24H29N3O6. The maximum absolute atomic E-state index is 12.9. The lowest BCUT2D eigenvalue weighted by Gasteiger charge is -2.24. The van der Waals surface area contributed by atoms with Gasteiger partial charge in [-0.1, -0.05) is 19.9 Å². The van der Waals surface area contributed by atoms with E-state index >= 15 is 0 Å². The van der Waals surface area contributed by atoms with E-state index in [4.69, 9.17) is 14.2 Å². The van der Waals surface area contributed by atoms with Crippen molar-refractivity contribution in [2.75, 3.05) is 26.2 Å². The van der Waals surface area contributed by atoms with Crippen LogP contribution in [-0.2, 0) is 9.59 Å². The molecule has 0 aromatic heterocycles. The number of imide groups is 1. The molecule has 2 aromatic rings. The molecule has 3 rings (SSSR count). The SMILES string of the molecule is COc1ccc(N2C(=O)N[C@H](CC(=O)N[C@H](c3ccc(OC)c(OC)c3)C(C)C)C2=O)cc1. The van der Waals surface area contributed by atoms with Crippen molar-refractivity contribution in [2.24, 2.45) is 5.92 Å². The molecule has 1 saturated heterocycles. The van der Waals surface area contributed by atoms with E-state index < -0.39 is 18.0 Å². The third-order valence-electron chi connectivity index (χ3n) is 5.49. The Morgan fingerprint density at radius 3 is 2.24 bits per heavy atom. The van der Waals surface area contributed by atoms with Crippen molar-refractivity contribution in [3.63, 3.8) is 0 Å². The lowest BCUT2D eigenvalue weighted by atomic mass is 9.95. The van der Waals surface area contributed by atoms with Gasteiger partial charge in [-0.3, -0.25) is 9.59 Å². The van der Waals surface area contributed by atoms with Crippen LogP contribution in [0.5, 0.6) is 17.2 Å². The van der Waals surface area contributed by atoms with E-state index in [1.54, 1.807) is 44.6 Å². The van der Waals surface area contributed by atoms with Crippen LogP contribution in [0.1, 0.15) is 31.9 Å². The second-order valence-electron chi connectivity index (χ2n) is 7.98. The van der Waals surface area contributed by atoms with Gasteiger partial charge in [0.05, 0.1) is 39.5 Å². The van der Waals surface area contributed by atoms with Crippen LogP contribution >= 0.6 is 0 Å². The molecule has 1 fully saturated rings. The standard InChI is InChI=1S/C24H29N3O6/c1-14(2)22(15-6-11-19(32-4)20(12-15)33-5)26-21(28)13-18-23(29)27(24(30)25-18)16-7-9-17(31-3)10-8-16/h6-12,14,18,22H,13H2,1-5H3,(H,25,30)(H,26,28)/t18-,22+/m1/s1. The number of nitrogens with zero attached hydrogens (tertiary/aromatic N) is 1. The largest absolute Gasteiger partial charge is 0.497 e. The Morgan fingerprint density at radius 1 is 1.00 bits per heavy atom. The predicted molar refractivity (Wildman–Crippen MR) is 123 cm³/mol. The number of nitrogens with one attached hydrogen (secondary N) is 2. The van der Waals surface area contributed by atoms with Crippen molar-refractivity contribution in [2.45, 2.75) is 32.4 Å². The van der Waals surface area contributed by atoms with E-state index in [1.165, 1.54) is 7.11 Å². The molecule has 0 spiro atoms. The summed E-state index contributed by atoms with van der Waals surface area (Å²) in [5.41, 5.74) is 1.25. The first-order valence-electron chi connectivity index (χ1n) is 10.6. The zero-order valence-electron chi connectivity index (χ0n) is 19.4. The van der Waals surface area contributed by atoms with Crippen molar-refractivity contribution < 1.29 is 28.6 Å². The van der Waals surface area contributed by atoms with Crippen molar-refractivity contribution in [3.8, 4) is 17.2 Å². The number of urea groups is 1. The van der Waals surface area contributed by atoms with Crippen LogP contribution in [0.4, 0.5) is 10.5 Å². The molecule has 9 heteroatoms. The molecule has 33 heavy (non-hydrogen) atoms. The fraction of sp³-hybridized carbons (Fsp3) is 0.375. The van der Waals surface area contributed by atoms with E-state index in [-0.39, 0.29) is 24.3 Å². The van der Waals surface area contributed by atoms with Crippen LogP contribution in [0.2, 0.25) is 0 Å².